The zero-order valence-corrected chi connectivity index (χ0v) is 15.1. The van der Waals surface area contributed by atoms with Gasteiger partial charge in [0.25, 0.3) is 0 Å². The van der Waals surface area contributed by atoms with Crippen LogP contribution in [0.2, 0.25) is 0 Å². The average molecular weight is 356 g/mol. The first-order chi connectivity index (χ1) is 12.1. The lowest BCUT2D eigenvalue weighted by molar-refractivity contribution is -0.121. The number of nitrogens with one attached hydrogen (secondary N) is 1. The van der Waals surface area contributed by atoms with Crippen LogP contribution in [0.25, 0.3) is 10.2 Å². The maximum atomic E-state index is 12.4. The number of nitrogens with zero attached hydrogens (tertiary/aromatic N) is 1. The summed E-state index contributed by atoms with van der Waals surface area (Å²) in [6.45, 7) is 2.66. The normalized spacial score (nSPS) is 10.8. The fourth-order valence-electron chi connectivity index (χ4n) is 2.70. The molecule has 1 N–H and O–H groups in total. The number of hydrogen-bond acceptors (Lipinski definition) is 4. The third-order valence-corrected chi connectivity index (χ3v) is 5.07. The first kappa shape index (κ1) is 17.2. The third-order valence-electron chi connectivity index (χ3n) is 4.12. The van der Waals surface area contributed by atoms with E-state index in [1.807, 2.05) is 23.6 Å². The number of hydrogen-bond donors (Lipinski definition) is 1. The Labute approximate surface area is 150 Å². The molecule has 0 fully saturated rings. The number of benzene rings is 1. The fraction of sp³-hybridized carbons (Fsp3) is 0.263. The molecule has 1 amide bonds. The van der Waals surface area contributed by atoms with Crippen molar-refractivity contribution in [2.75, 3.05) is 7.11 Å². The van der Waals surface area contributed by atoms with Crippen molar-refractivity contribution >= 4 is 33.4 Å². The second-order valence-electron chi connectivity index (χ2n) is 5.74. The molecule has 1 aromatic carbocycles. The van der Waals surface area contributed by atoms with Gasteiger partial charge in [0.1, 0.15) is 17.1 Å². The number of ether oxygens (including phenoxy) is 1. The van der Waals surface area contributed by atoms with E-state index >= 15 is 0 Å². The lowest BCUT2D eigenvalue weighted by Gasteiger charge is -2.10. The van der Waals surface area contributed by atoms with Crippen molar-refractivity contribution in [1.82, 2.24) is 9.88 Å². The predicted octanol–water partition coefficient (Wildman–Crippen LogP) is 3.37. The maximum Gasteiger partial charge on any atom is 0.354 e. The Balaban J connectivity index is 1.70. The minimum absolute atomic E-state index is 0.0848. The monoisotopic (exact) mass is 356 g/mol. The Hall–Kier alpha value is -2.60. The van der Waals surface area contributed by atoms with Crippen LogP contribution in [-0.4, -0.2) is 23.6 Å². The van der Waals surface area contributed by atoms with E-state index in [0.717, 1.165) is 22.2 Å². The van der Waals surface area contributed by atoms with E-state index in [4.69, 9.17) is 4.74 Å². The van der Waals surface area contributed by atoms with Crippen molar-refractivity contribution in [3.8, 4) is 0 Å². The molecule has 2 aromatic heterocycles. The Morgan fingerprint density at radius 2 is 1.88 bits per heavy atom. The zero-order valence-electron chi connectivity index (χ0n) is 14.2. The number of aryl methyl sites for hydroxylation is 1. The summed E-state index contributed by atoms with van der Waals surface area (Å²) in [5.74, 6) is -0.582. The molecule has 0 aliphatic rings. The van der Waals surface area contributed by atoms with Crippen LogP contribution in [-0.2, 0) is 29.0 Å². The standard InChI is InChI=1S/C19H20N2O3S/c1-3-13-4-6-14(7-5-13)11-20-17(22)12-21-16(19(23)24-2)10-15-8-9-25-18(15)21/h4-10H,3,11-12H2,1-2H3,(H,20,22). The molecule has 2 heterocycles. The second-order valence-corrected chi connectivity index (χ2v) is 6.63. The molecule has 25 heavy (non-hydrogen) atoms. The van der Waals surface area contributed by atoms with Gasteiger partial charge in [-0.25, -0.2) is 4.79 Å². The highest BCUT2D eigenvalue weighted by atomic mass is 32.1. The molecule has 0 saturated heterocycles. The molecule has 0 aliphatic heterocycles. The number of methoxy groups -OCH3 is 1. The molecule has 0 atom stereocenters. The summed E-state index contributed by atoms with van der Waals surface area (Å²) in [4.78, 5) is 25.2. The molecular weight excluding hydrogens is 336 g/mol. The lowest BCUT2D eigenvalue weighted by atomic mass is 10.1. The van der Waals surface area contributed by atoms with Crippen LogP contribution in [0.3, 0.4) is 0 Å². The molecule has 130 valence electrons. The van der Waals surface area contributed by atoms with Gasteiger partial charge in [0.05, 0.1) is 7.11 Å². The summed E-state index contributed by atoms with van der Waals surface area (Å²) >= 11 is 1.50. The van der Waals surface area contributed by atoms with Gasteiger partial charge in [0, 0.05) is 11.9 Å². The van der Waals surface area contributed by atoms with Crippen molar-refractivity contribution in [2.24, 2.45) is 0 Å². The smallest absolute Gasteiger partial charge is 0.354 e. The van der Waals surface area contributed by atoms with E-state index in [1.165, 1.54) is 24.0 Å². The first-order valence-electron chi connectivity index (χ1n) is 8.12. The topological polar surface area (TPSA) is 60.3 Å². The summed E-state index contributed by atoms with van der Waals surface area (Å²) in [6, 6.07) is 11.9. The number of esters is 1. The number of carbonyl (C=O) groups excluding carboxylic acids is 2. The van der Waals surface area contributed by atoms with Crippen LogP contribution in [0.4, 0.5) is 0 Å². The van der Waals surface area contributed by atoms with Crippen molar-refractivity contribution in [1.29, 1.82) is 0 Å². The summed E-state index contributed by atoms with van der Waals surface area (Å²) in [5.41, 5.74) is 2.71. The van der Waals surface area contributed by atoms with Crippen LogP contribution in [0.15, 0.2) is 41.8 Å². The number of fused-ring (bicyclic) bond motifs is 1. The molecule has 0 bridgehead atoms. The van der Waals surface area contributed by atoms with E-state index in [2.05, 4.69) is 24.4 Å². The summed E-state index contributed by atoms with van der Waals surface area (Å²) in [7, 11) is 1.34. The van der Waals surface area contributed by atoms with Gasteiger partial charge < -0.3 is 14.6 Å². The number of amides is 1. The van der Waals surface area contributed by atoms with E-state index < -0.39 is 5.97 Å². The van der Waals surface area contributed by atoms with Crippen molar-refractivity contribution in [3.05, 3.63) is 58.6 Å². The second kappa shape index (κ2) is 7.53. The summed E-state index contributed by atoms with van der Waals surface area (Å²) < 4.78 is 6.53. The van der Waals surface area contributed by atoms with E-state index in [-0.39, 0.29) is 12.5 Å². The Bertz CT molecular complexity index is 893. The van der Waals surface area contributed by atoms with Crippen LogP contribution in [0, 0.1) is 0 Å². The number of rotatable bonds is 6. The van der Waals surface area contributed by atoms with Crippen LogP contribution >= 0.6 is 11.3 Å². The Morgan fingerprint density at radius 1 is 1.16 bits per heavy atom. The molecule has 5 nitrogen and oxygen atoms in total. The van der Waals surface area contributed by atoms with Crippen LogP contribution in [0.1, 0.15) is 28.5 Å². The molecule has 0 saturated carbocycles. The van der Waals surface area contributed by atoms with Gasteiger partial charge in [-0.2, -0.15) is 0 Å². The SMILES string of the molecule is CCc1ccc(CNC(=O)Cn2c(C(=O)OC)cc3ccsc32)cc1. The predicted molar refractivity (Wildman–Crippen MR) is 98.8 cm³/mol. The number of carbonyl (C=O) groups is 2. The van der Waals surface area contributed by atoms with Gasteiger partial charge in [-0.05, 0) is 35.1 Å². The molecular formula is C19H20N2O3S. The van der Waals surface area contributed by atoms with Gasteiger partial charge in [-0.15, -0.1) is 11.3 Å². The molecule has 3 aromatic rings. The summed E-state index contributed by atoms with van der Waals surface area (Å²) in [6.07, 6.45) is 0.993. The van der Waals surface area contributed by atoms with Crippen LogP contribution < -0.4 is 5.32 Å². The minimum atomic E-state index is -0.439. The van der Waals surface area contributed by atoms with Crippen LogP contribution in [0.5, 0.6) is 0 Å². The molecule has 3 rings (SSSR count). The van der Waals surface area contributed by atoms with Gasteiger partial charge in [-0.1, -0.05) is 31.2 Å². The summed E-state index contributed by atoms with van der Waals surface area (Å²) in [5, 5.41) is 5.79. The van der Waals surface area contributed by atoms with Gasteiger partial charge in [0.15, 0.2) is 0 Å². The van der Waals surface area contributed by atoms with E-state index in [1.54, 1.807) is 10.6 Å². The van der Waals surface area contributed by atoms with Crippen molar-refractivity contribution < 1.29 is 14.3 Å². The van der Waals surface area contributed by atoms with Crippen molar-refractivity contribution in [3.63, 3.8) is 0 Å². The maximum absolute atomic E-state index is 12.4. The molecule has 6 heteroatoms. The highest BCUT2D eigenvalue weighted by molar-refractivity contribution is 7.16. The van der Waals surface area contributed by atoms with E-state index in [9.17, 15) is 9.59 Å². The molecule has 0 radical (unpaired) electrons. The minimum Gasteiger partial charge on any atom is -0.464 e. The van der Waals surface area contributed by atoms with Gasteiger partial charge >= 0.3 is 5.97 Å². The molecule has 0 spiro atoms. The van der Waals surface area contributed by atoms with Gasteiger partial charge in [0.2, 0.25) is 5.91 Å². The zero-order chi connectivity index (χ0) is 17.8. The highest BCUT2D eigenvalue weighted by Crippen LogP contribution is 2.25. The quantitative estimate of drug-likeness (QED) is 0.689. The molecule has 0 unspecified atom stereocenters. The fourth-order valence-corrected chi connectivity index (χ4v) is 3.60. The molecule has 0 aliphatic carbocycles. The number of aromatic nitrogens is 1. The lowest BCUT2D eigenvalue weighted by Crippen LogP contribution is -2.28. The Morgan fingerprint density at radius 3 is 2.56 bits per heavy atom. The first-order valence-corrected chi connectivity index (χ1v) is 9.00. The highest BCUT2D eigenvalue weighted by Gasteiger charge is 2.18. The van der Waals surface area contributed by atoms with E-state index in [0.29, 0.717) is 12.2 Å². The average Bonchev–Trinajstić information content (AvgIpc) is 3.22. The largest absolute Gasteiger partial charge is 0.464 e. The third kappa shape index (κ3) is 3.74. The Kier molecular flexibility index (Phi) is 5.19. The van der Waals surface area contributed by atoms with Crippen molar-refractivity contribution in [2.45, 2.75) is 26.4 Å². The van der Waals surface area contributed by atoms with Gasteiger partial charge in [-0.3, -0.25) is 4.79 Å². The number of thiophene rings is 1.